The molecule has 0 aromatic carbocycles. The number of oxime groups is 1. The van der Waals surface area contributed by atoms with E-state index in [4.69, 9.17) is 10.9 Å². The molecule has 0 spiro atoms. The van der Waals surface area contributed by atoms with Crippen LogP contribution in [0.15, 0.2) is 5.16 Å². The van der Waals surface area contributed by atoms with Crippen molar-refractivity contribution in [3.8, 4) is 0 Å². The molecule has 0 radical (unpaired) electrons. The summed E-state index contributed by atoms with van der Waals surface area (Å²) in [6.45, 7) is 11.3. The Labute approximate surface area is 122 Å². The number of hydrogen-bond donors (Lipinski definition) is 4. The lowest BCUT2D eigenvalue weighted by molar-refractivity contribution is -0.122. The normalized spacial score (nSPS) is 13.3. The van der Waals surface area contributed by atoms with Crippen LogP contribution < -0.4 is 16.4 Å². The third kappa shape index (κ3) is 8.74. The highest BCUT2D eigenvalue weighted by atomic mass is 16.4. The molecule has 6 nitrogen and oxygen atoms in total. The summed E-state index contributed by atoms with van der Waals surface area (Å²) in [6, 6.07) is 0. The third-order valence-electron chi connectivity index (χ3n) is 3.00. The first kappa shape index (κ1) is 18.7. The number of nitrogens with two attached hydrogens (primary N) is 1. The summed E-state index contributed by atoms with van der Waals surface area (Å²) in [6.07, 6.45) is 2.20. The van der Waals surface area contributed by atoms with Gasteiger partial charge in [-0.15, -0.1) is 0 Å². The summed E-state index contributed by atoms with van der Waals surface area (Å²) in [5, 5.41) is 17.9. The molecule has 6 heteroatoms. The highest BCUT2D eigenvalue weighted by molar-refractivity contribution is 5.85. The number of rotatable bonds is 8. The second kappa shape index (κ2) is 8.09. The van der Waals surface area contributed by atoms with Crippen molar-refractivity contribution in [2.45, 2.75) is 59.4 Å². The van der Waals surface area contributed by atoms with Crippen molar-refractivity contribution < 1.29 is 10.0 Å². The Kier molecular flexibility index (Phi) is 7.57. The van der Waals surface area contributed by atoms with Gasteiger partial charge in [-0.05, 0) is 40.2 Å². The van der Waals surface area contributed by atoms with Crippen LogP contribution in [0.25, 0.3) is 0 Å². The summed E-state index contributed by atoms with van der Waals surface area (Å²) in [7, 11) is 0. The van der Waals surface area contributed by atoms with Crippen LogP contribution in [0.3, 0.4) is 0 Å². The minimum atomic E-state index is -0.306. The van der Waals surface area contributed by atoms with E-state index in [1.807, 2.05) is 34.6 Å². The lowest BCUT2D eigenvalue weighted by Crippen LogP contribution is -2.41. The van der Waals surface area contributed by atoms with Crippen LogP contribution in [0.2, 0.25) is 0 Å². The molecular weight excluding hydrogens is 256 g/mol. The fourth-order valence-electron chi connectivity index (χ4n) is 1.73. The maximum atomic E-state index is 11.6. The van der Waals surface area contributed by atoms with E-state index in [0.29, 0.717) is 13.0 Å². The number of amidine groups is 1. The molecule has 0 aliphatic heterocycles. The van der Waals surface area contributed by atoms with Gasteiger partial charge >= 0.3 is 0 Å². The van der Waals surface area contributed by atoms with Crippen LogP contribution in [0.1, 0.15) is 53.9 Å². The van der Waals surface area contributed by atoms with Crippen molar-refractivity contribution in [2.75, 3.05) is 13.1 Å². The molecule has 0 heterocycles. The largest absolute Gasteiger partial charge is 0.409 e. The maximum absolute atomic E-state index is 11.6. The quantitative estimate of drug-likeness (QED) is 0.178. The predicted molar refractivity (Wildman–Crippen MR) is 81.8 cm³/mol. The van der Waals surface area contributed by atoms with Gasteiger partial charge in [-0.2, -0.15) is 0 Å². The molecule has 0 rings (SSSR count). The predicted octanol–water partition coefficient (Wildman–Crippen LogP) is 1.43. The van der Waals surface area contributed by atoms with Gasteiger partial charge in [0.15, 0.2) is 0 Å². The monoisotopic (exact) mass is 286 g/mol. The summed E-state index contributed by atoms with van der Waals surface area (Å²) in [5.41, 5.74) is 5.13. The van der Waals surface area contributed by atoms with Gasteiger partial charge in [-0.1, -0.05) is 19.0 Å². The van der Waals surface area contributed by atoms with Crippen molar-refractivity contribution in [1.82, 2.24) is 10.6 Å². The van der Waals surface area contributed by atoms with Crippen LogP contribution in [0, 0.1) is 5.41 Å². The molecule has 0 bridgehead atoms. The van der Waals surface area contributed by atoms with Crippen molar-refractivity contribution in [2.24, 2.45) is 16.3 Å². The van der Waals surface area contributed by atoms with E-state index in [1.165, 1.54) is 0 Å². The molecule has 0 aliphatic carbocycles. The number of nitrogens with zero attached hydrogens (tertiary/aromatic N) is 1. The van der Waals surface area contributed by atoms with Gasteiger partial charge in [-0.25, -0.2) is 0 Å². The molecule has 0 fully saturated rings. The molecule has 1 amide bonds. The molecular formula is C14H30N4O2. The van der Waals surface area contributed by atoms with Gasteiger partial charge in [0.05, 0.1) is 0 Å². The van der Waals surface area contributed by atoms with Crippen molar-refractivity contribution >= 4 is 11.7 Å². The van der Waals surface area contributed by atoms with Gasteiger partial charge in [-0.3, -0.25) is 4.79 Å². The standard InChI is InChI=1S/C14H30N4O2/c1-13(2,3)17-11(19)7-10-16-9-6-8-14(4,5)12(15)18-20/h16,20H,6-10H2,1-5H3,(H2,15,18)(H,17,19). The first-order valence-corrected chi connectivity index (χ1v) is 7.08. The molecule has 5 N–H and O–H groups in total. The summed E-state index contributed by atoms with van der Waals surface area (Å²) < 4.78 is 0. The van der Waals surface area contributed by atoms with E-state index in [1.54, 1.807) is 0 Å². The molecule has 118 valence electrons. The van der Waals surface area contributed by atoms with E-state index < -0.39 is 0 Å². The second-order valence-corrected chi connectivity index (χ2v) is 6.77. The molecule has 0 aliphatic rings. The lowest BCUT2D eigenvalue weighted by atomic mass is 9.86. The van der Waals surface area contributed by atoms with Gasteiger partial charge in [0.25, 0.3) is 0 Å². The highest BCUT2D eigenvalue weighted by Gasteiger charge is 2.22. The Morgan fingerprint density at radius 1 is 1.20 bits per heavy atom. The molecule has 0 aromatic heterocycles. The summed E-state index contributed by atoms with van der Waals surface area (Å²) in [5.74, 6) is 0.309. The maximum Gasteiger partial charge on any atom is 0.221 e. The minimum absolute atomic E-state index is 0.0574. The molecule has 0 atom stereocenters. The molecule has 0 saturated heterocycles. The first-order chi connectivity index (χ1) is 9.08. The minimum Gasteiger partial charge on any atom is -0.409 e. The van der Waals surface area contributed by atoms with Gasteiger partial charge < -0.3 is 21.6 Å². The average Bonchev–Trinajstić information content (AvgIpc) is 2.30. The summed E-state index contributed by atoms with van der Waals surface area (Å²) >= 11 is 0. The van der Waals surface area contributed by atoms with Crippen molar-refractivity contribution in [1.29, 1.82) is 0 Å². The number of carbonyl (C=O) groups is 1. The van der Waals surface area contributed by atoms with Crippen LogP contribution in [-0.4, -0.2) is 35.6 Å². The zero-order valence-corrected chi connectivity index (χ0v) is 13.4. The molecule has 0 aromatic rings. The van der Waals surface area contributed by atoms with Gasteiger partial charge in [0.2, 0.25) is 5.91 Å². The van der Waals surface area contributed by atoms with Crippen molar-refractivity contribution in [3.63, 3.8) is 0 Å². The Morgan fingerprint density at radius 3 is 2.30 bits per heavy atom. The SMILES string of the molecule is CC(C)(C)NC(=O)CCNCCCC(C)(C)C(N)=NO. The lowest BCUT2D eigenvalue weighted by Gasteiger charge is -2.22. The number of carbonyl (C=O) groups excluding carboxylic acids is 1. The van der Waals surface area contributed by atoms with E-state index >= 15 is 0 Å². The topological polar surface area (TPSA) is 99.7 Å². The molecule has 20 heavy (non-hydrogen) atoms. The summed E-state index contributed by atoms with van der Waals surface area (Å²) in [4.78, 5) is 11.6. The Morgan fingerprint density at radius 2 is 1.80 bits per heavy atom. The highest BCUT2D eigenvalue weighted by Crippen LogP contribution is 2.21. The van der Waals surface area contributed by atoms with Gasteiger partial charge in [0.1, 0.15) is 5.84 Å². The van der Waals surface area contributed by atoms with Crippen LogP contribution in [0.5, 0.6) is 0 Å². The zero-order chi connectivity index (χ0) is 15.8. The fourth-order valence-corrected chi connectivity index (χ4v) is 1.73. The van der Waals surface area contributed by atoms with Crippen molar-refractivity contribution in [3.05, 3.63) is 0 Å². The number of amides is 1. The Hall–Kier alpha value is -1.30. The Bertz CT molecular complexity index is 333. The van der Waals surface area contributed by atoms with Crippen LogP contribution in [-0.2, 0) is 4.79 Å². The first-order valence-electron chi connectivity index (χ1n) is 7.08. The van der Waals surface area contributed by atoms with E-state index in [-0.39, 0.29) is 22.7 Å². The Balaban J connectivity index is 3.71. The smallest absolute Gasteiger partial charge is 0.221 e. The van der Waals surface area contributed by atoms with E-state index in [0.717, 1.165) is 19.4 Å². The molecule has 0 unspecified atom stereocenters. The van der Waals surface area contributed by atoms with E-state index in [9.17, 15) is 4.79 Å². The van der Waals surface area contributed by atoms with Crippen LogP contribution in [0.4, 0.5) is 0 Å². The second-order valence-electron chi connectivity index (χ2n) is 6.77. The zero-order valence-electron chi connectivity index (χ0n) is 13.4. The number of nitrogens with one attached hydrogen (secondary N) is 2. The van der Waals surface area contributed by atoms with Gasteiger partial charge in [0, 0.05) is 23.9 Å². The average molecular weight is 286 g/mol. The third-order valence-corrected chi connectivity index (χ3v) is 3.00. The fraction of sp³-hybridized carbons (Fsp3) is 0.857. The number of hydrogen-bond acceptors (Lipinski definition) is 4. The molecule has 0 saturated carbocycles. The van der Waals surface area contributed by atoms with E-state index in [2.05, 4.69) is 15.8 Å². The van der Waals surface area contributed by atoms with Crippen LogP contribution >= 0.6 is 0 Å².